The first-order valence-corrected chi connectivity index (χ1v) is 7.20. The van der Waals surface area contributed by atoms with Gasteiger partial charge < -0.3 is 19.9 Å². The number of carboxylic acids is 1. The Bertz CT molecular complexity index is 686. The number of aromatic nitrogens is 2. The third-order valence-corrected chi connectivity index (χ3v) is 3.04. The summed E-state index contributed by atoms with van der Waals surface area (Å²) in [7, 11) is 1.60. The summed E-state index contributed by atoms with van der Waals surface area (Å²) in [6, 6.07) is 7.21. The minimum atomic E-state index is -1.19. The Kier molecular flexibility index (Phi) is 6.07. The SMILES string of the molecule is COc1ccc(OCCCNC(=O)c2cnc(C(=O)O)cn2)cc1. The first-order chi connectivity index (χ1) is 11.6. The lowest BCUT2D eigenvalue weighted by Crippen LogP contribution is -2.26. The van der Waals surface area contributed by atoms with Gasteiger partial charge in [0.05, 0.1) is 26.1 Å². The predicted molar refractivity (Wildman–Crippen MR) is 84.4 cm³/mol. The quantitative estimate of drug-likeness (QED) is 0.703. The number of carbonyl (C=O) groups is 2. The molecule has 1 heterocycles. The van der Waals surface area contributed by atoms with Crippen molar-refractivity contribution in [3.8, 4) is 11.5 Å². The van der Waals surface area contributed by atoms with Crippen LogP contribution < -0.4 is 14.8 Å². The molecule has 0 radical (unpaired) electrons. The van der Waals surface area contributed by atoms with E-state index in [0.717, 1.165) is 23.9 Å². The Morgan fingerprint density at radius 2 is 1.71 bits per heavy atom. The molecule has 0 bridgehead atoms. The lowest BCUT2D eigenvalue weighted by atomic mass is 10.3. The maximum absolute atomic E-state index is 11.8. The van der Waals surface area contributed by atoms with Gasteiger partial charge in [0.2, 0.25) is 0 Å². The number of ether oxygens (including phenoxy) is 2. The topological polar surface area (TPSA) is 111 Å². The highest BCUT2D eigenvalue weighted by molar-refractivity contribution is 5.92. The molecule has 0 saturated carbocycles. The van der Waals surface area contributed by atoms with Crippen LogP contribution in [0.2, 0.25) is 0 Å². The van der Waals surface area contributed by atoms with E-state index in [-0.39, 0.29) is 11.4 Å². The van der Waals surface area contributed by atoms with Crippen LogP contribution in [0.3, 0.4) is 0 Å². The fourth-order valence-electron chi connectivity index (χ4n) is 1.78. The molecule has 8 nitrogen and oxygen atoms in total. The van der Waals surface area contributed by atoms with Crippen LogP contribution in [0.1, 0.15) is 27.4 Å². The molecule has 2 rings (SSSR count). The van der Waals surface area contributed by atoms with Gasteiger partial charge in [-0.3, -0.25) is 4.79 Å². The molecule has 0 saturated heterocycles. The van der Waals surface area contributed by atoms with Gasteiger partial charge in [-0.05, 0) is 30.7 Å². The minimum Gasteiger partial charge on any atom is -0.497 e. The monoisotopic (exact) mass is 331 g/mol. The van der Waals surface area contributed by atoms with Crippen molar-refractivity contribution in [3.63, 3.8) is 0 Å². The molecule has 2 N–H and O–H groups in total. The molecular weight excluding hydrogens is 314 g/mol. The molecule has 24 heavy (non-hydrogen) atoms. The van der Waals surface area contributed by atoms with E-state index in [1.54, 1.807) is 31.4 Å². The van der Waals surface area contributed by atoms with Crippen LogP contribution >= 0.6 is 0 Å². The van der Waals surface area contributed by atoms with E-state index in [9.17, 15) is 9.59 Å². The number of aromatic carboxylic acids is 1. The second-order valence-electron chi connectivity index (χ2n) is 4.73. The van der Waals surface area contributed by atoms with Gasteiger partial charge in [0.25, 0.3) is 5.91 Å². The Hall–Kier alpha value is -3.16. The van der Waals surface area contributed by atoms with Gasteiger partial charge in [-0.15, -0.1) is 0 Å². The summed E-state index contributed by atoms with van der Waals surface area (Å²) in [5.74, 6) is -0.129. The maximum Gasteiger partial charge on any atom is 0.356 e. The molecule has 0 fully saturated rings. The third-order valence-electron chi connectivity index (χ3n) is 3.04. The highest BCUT2D eigenvalue weighted by Crippen LogP contribution is 2.16. The van der Waals surface area contributed by atoms with Crippen LogP contribution in [0, 0.1) is 0 Å². The highest BCUT2D eigenvalue weighted by Gasteiger charge is 2.10. The van der Waals surface area contributed by atoms with Crippen LogP contribution in [0.4, 0.5) is 0 Å². The lowest BCUT2D eigenvalue weighted by Gasteiger charge is -2.08. The molecule has 0 aliphatic rings. The van der Waals surface area contributed by atoms with Crippen LogP contribution in [-0.2, 0) is 0 Å². The fraction of sp³-hybridized carbons (Fsp3) is 0.250. The van der Waals surface area contributed by atoms with Crippen molar-refractivity contribution < 1.29 is 24.2 Å². The number of methoxy groups -OCH3 is 1. The number of carbonyl (C=O) groups excluding carboxylic acids is 1. The molecule has 126 valence electrons. The van der Waals surface area contributed by atoms with Crippen molar-refractivity contribution in [3.05, 3.63) is 48.0 Å². The summed E-state index contributed by atoms with van der Waals surface area (Å²) >= 11 is 0. The second kappa shape index (κ2) is 8.47. The molecule has 0 aliphatic carbocycles. The molecule has 2 aromatic rings. The van der Waals surface area contributed by atoms with Crippen molar-refractivity contribution >= 4 is 11.9 Å². The van der Waals surface area contributed by atoms with E-state index < -0.39 is 11.9 Å². The van der Waals surface area contributed by atoms with Crippen molar-refractivity contribution in [2.45, 2.75) is 6.42 Å². The van der Waals surface area contributed by atoms with Gasteiger partial charge in [-0.2, -0.15) is 0 Å². The van der Waals surface area contributed by atoms with Gasteiger partial charge in [-0.1, -0.05) is 0 Å². The van der Waals surface area contributed by atoms with Gasteiger partial charge >= 0.3 is 5.97 Å². The molecule has 1 aromatic heterocycles. The summed E-state index contributed by atoms with van der Waals surface area (Å²) in [5, 5.41) is 11.4. The number of benzene rings is 1. The molecule has 1 aromatic carbocycles. The minimum absolute atomic E-state index is 0.0658. The highest BCUT2D eigenvalue weighted by atomic mass is 16.5. The van der Waals surface area contributed by atoms with E-state index in [1.165, 1.54) is 0 Å². The number of rotatable bonds is 8. The summed E-state index contributed by atoms with van der Waals surface area (Å²) in [6.07, 6.45) is 2.79. The summed E-state index contributed by atoms with van der Waals surface area (Å²) in [5.41, 5.74) is -0.143. The normalized spacial score (nSPS) is 10.0. The molecule has 0 spiro atoms. The Balaban J connectivity index is 1.69. The number of nitrogens with one attached hydrogen (secondary N) is 1. The van der Waals surface area contributed by atoms with Crippen molar-refractivity contribution in [1.82, 2.24) is 15.3 Å². The smallest absolute Gasteiger partial charge is 0.356 e. The Morgan fingerprint density at radius 3 is 2.29 bits per heavy atom. The maximum atomic E-state index is 11.8. The summed E-state index contributed by atoms with van der Waals surface area (Å²) < 4.78 is 10.6. The first kappa shape index (κ1) is 17.2. The lowest BCUT2D eigenvalue weighted by molar-refractivity contribution is 0.0689. The predicted octanol–water partition coefficient (Wildman–Crippen LogP) is 1.38. The van der Waals surface area contributed by atoms with E-state index in [0.29, 0.717) is 19.6 Å². The standard InChI is InChI=1S/C16H17N3O5/c1-23-11-3-5-12(6-4-11)24-8-2-7-17-15(20)13-9-19-14(10-18-13)16(21)22/h3-6,9-10H,2,7-8H2,1H3,(H,17,20)(H,21,22). The molecular formula is C16H17N3O5. The zero-order chi connectivity index (χ0) is 17.4. The van der Waals surface area contributed by atoms with Gasteiger partial charge in [0, 0.05) is 6.54 Å². The molecule has 8 heteroatoms. The number of carboxylic acid groups (broad SMARTS) is 1. The van der Waals surface area contributed by atoms with E-state index in [4.69, 9.17) is 14.6 Å². The summed E-state index contributed by atoms with van der Waals surface area (Å²) in [6.45, 7) is 0.841. The zero-order valence-corrected chi connectivity index (χ0v) is 13.1. The average molecular weight is 331 g/mol. The van der Waals surface area contributed by atoms with Gasteiger partial charge in [-0.25, -0.2) is 14.8 Å². The van der Waals surface area contributed by atoms with E-state index >= 15 is 0 Å². The number of amides is 1. The van der Waals surface area contributed by atoms with Crippen LogP contribution in [0.25, 0.3) is 0 Å². The zero-order valence-electron chi connectivity index (χ0n) is 13.1. The van der Waals surface area contributed by atoms with Crippen molar-refractivity contribution in [2.24, 2.45) is 0 Å². The van der Waals surface area contributed by atoms with Crippen LogP contribution in [-0.4, -0.2) is 47.2 Å². The fourth-order valence-corrected chi connectivity index (χ4v) is 1.78. The van der Waals surface area contributed by atoms with E-state index in [1.807, 2.05) is 0 Å². The van der Waals surface area contributed by atoms with Crippen molar-refractivity contribution in [1.29, 1.82) is 0 Å². The summed E-state index contributed by atoms with van der Waals surface area (Å²) in [4.78, 5) is 29.9. The third kappa shape index (κ3) is 4.94. The Labute approximate surface area is 138 Å². The van der Waals surface area contributed by atoms with Gasteiger partial charge in [0.15, 0.2) is 5.69 Å². The van der Waals surface area contributed by atoms with Crippen molar-refractivity contribution in [2.75, 3.05) is 20.3 Å². The Morgan fingerprint density at radius 1 is 1.08 bits per heavy atom. The largest absolute Gasteiger partial charge is 0.497 e. The second-order valence-corrected chi connectivity index (χ2v) is 4.73. The number of hydrogen-bond donors (Lipinski definition) is 2. The first-order valence-electron chi connectivity index (χ1n) is 7.20. The van der Waals surface area contributed by atoms with Crippen LogP contribution in [0.5, 0.6) is 11.5 Å². The number of nitrogens with zero attached hydrogens (tertiary/aromatic N) is 2. The molecule has 0 unspecified atom stereocenters. The molecule has 0 aliphatic heterocycles. The molecule has 0 atom stereocenters. The van der Waals surface area contributed by atoms with E-state index in [2.05, 4.69) is 15.3 Å². The number of hydrogen-bond acceptors (Lipinski definition) is 6. The molecule has 1 amide bonds. The average Bonchev–Trinajstić information content (AvgIpc) is 2.62. The van der Waals surface area contributed by atoms with Crippen LogP contribution in [0.15, 0.2) is 36.7 Å². The van der Waals surface area contributed by atoms with Gasteiger partial charge in [0.1, 0.15) is 17.2 Å².